The summed E-state index contributed by atoms with van der Waals surface area (Å²) in [6.07, 6.45) is 2.99. The molecule has 0 bridgehead atoms. The van der Waals surface area contributed by atoms with E-state index in [1.807, 2.05) is 24.3 Å². The molecule has 2 heterocycles. The minimum Gasteiger partial charge on any atom is -0.381 e. The van der Waals surface area contributed by atoms with Crippen LogP contribution in [0.4, 0.5) is 10.5 Å². The third kappa shape index (κ3) is 5.93. The van der Waals surface area contributed by atoms with Gasteiger partial charge in [0.05, 0.1) is 19.8 Å². The van der Waals surface area contributed by atoms with Crippen LogP contribution < -0.4 is 16.0 Å². The summed E-state index contributed by atoms with van der Waals surface area (Å²) in [5.74, 6) is 0.695. The Bertz CT molecular complexity index is 728. The van der Waals surface area contributed by atoms with E-state index in [2.05, 4.69) is 20.9 Å². The predicted octanol–water partition coefficient (Wildman–Crippen LogP) is 1.57. The molecule has 1 aliphatic carbocycles. The summed E-state index contributed by atoms with van der Waals surface area (Å²) in [4.78, 5) is 26.8. The molecule has 1 saturated carbocycles. The van der Waals surface area contributed by atoms with E-state index < -0.39 is 0 Å². The van der Waals surface area contributed by atoms with Gasteiger partial charge in [-0.25, -0.2) is 4.79 Å². The molecule has 0 spiro atoms. The summed E-state index contributed by atoms with van der Waals surface area (Å²) < 4.78 is 11.1. The standard InChI is InChI=1S/C22H32N4O4/c27-21(17-4-5-17)25-19-3-1-2-16(12-19)13-23-22(28)24-14-20(18-6-9-30-15-18)26-7-10-29-11-8-26/h1-3,12,17-18,20H,4-11,13-15H2,(H,25,27)(H2,23,24,28)/t18-,20-/m0/s1. The van der Waals surface area contributed by atoms with Gasteiger partial charge in [0.15, 0.2) is 0 Å². The molecule has 3 aliphatic rings. The Balaban J connectivity index is 1.24. The van der Waals surface area contributed by atoms with E-state index in [-0.39, 0.29) is 23.9 Å². The molecule has 2 aliphatic heterocycles. The van der Waals surface area contributed by atoms with Crippen molar-refractivity contribution < 1.29 is 19.1 Å². The highest BCUT2D eigenvalue weighted by Crippen LogP contribution is 2.30. The van der Waals surface area contributed by atoms with Crippen LogP contribution >= 0.6 is 0 Å². The molecule has 4 rings (SSSR count). The van der Waals surface area contributed by atoms with E-state index in [4.69, 9.17) is 9.47 Å². The van der Waals surface area contributed by atoms with Crippen molar-refractivity contribution >= 4 is 17.6 Å². The zero-order chi connectivity index (χ0) is 20.8. The molecule has 0 unspecified atom stereocenters. The molecule has 1 aromatic rings. The van der Waals surface area contributed by atoms with Crippen molar-refractivity contribution in [2.45, 2.75) is 31.8 Å². The molecule has 2 atom stereocenters. The average molecular weight is 417 g/mol. The number of morpholine rings is 1. The maximum atomic E-state index is 12.4. The Morgan fingerprint density at radius 3 is 2.63 bits per heavy atom. The van der Waals surface area contributed by atoms with Gasteiger partial charge >= 0.3 is 6.03 Å². The number of carbonyl (C=O) groups excluding carboxylic acids is 2. The molecule has 8 heteroatoms. The summed E-state index contributed by atoms with van der Waals surface area (Å²) in [5.41, 5.74) is 1.73. The number of hydrogen-bond acceptors (Lipinski definition) is 5. The third-order valence-electron chi connectivity index (χ3n) is 6.09. The van der Waals surface area contributed by atoms with Crippen molar-refractivity contribution in [3.63, 3.8) is 0 Å². The lowest BCUT2D eigenvalue weighted by atomic mass is 9.97. The molecule has 1 aromatic carbocycles. The number of urea groups is 1. The van der Waals surface area contributed by atoms with Gasteiger partial charge in [-0.05, 0) is 37.0 Å². The molecule has 8 nitrogen and oxygen atoms in total. The zero-order valence-electron chi connectivity index (χ0n) is 17.4. The van der Waals surface area contributed by atoms with Gasteiger partial charge in [0.1, 0.15) is 0 Å². The first-order chi connectivity index (χ1) is 14.7. The molecular formula is C22H32N4O4. The molecule has 2 saturated heterocycles. The van der Waals surface area contributed by atoms with Crippen LogP contribution in [0.2, 0.25) is 0 Å². The van der Waals surface area contributed by atoms with Gasteiger partial charge in [-0.15, -0.1) is 0 Å². The molecule has 0 radical (unpaired) electrons. The number of amides is 3. The second-order valence-electron chi connectivity index (χ2n) is 8.37. The highest BCUT2D eigenvalue weighted by molar-refractivity contribution is 5.94. The maximum Gasteiger partial charge on any atom is 0.315 e. The van der Waals surface area contributed by atoms with Crippen molar-refractivity contribution in [1.29, 1.82) is 0 Å². The lowest BCUT2D eigenvalue weighted by molar-refractivity contribution is -0.117. The van der Waals surface area contributed by atoms with Crippen LogP contribution in [0.15, 0.2) is 24.3 Å². The van der Waals surface area contributed by atoms with Gasteiger partial charge in [0.25, 0.3) is 0 Å². The number of hydrogen-bond donors (Lipinski definition) is 3. The zero-order valence-corrected chi connectivity index (χ0v) is 17.4. The highest BCUT2D eigenvalue weighted by Gasteiger charge is 2.32. The summed E-state index contributed by atoms with van der Waals surface area (Å²) in [7, 11) is 0. The molecular weight excluding hydrogens is 384 g/mol. The molecule has 3 N–H and O–H groups in total. The monoisotopic (exact) mass is 416 g/mol. The van der Waals surface area contributed by atoms with Gasteiger partial charge in [-0.1, -0.05) is 12.1 Å². The summed E-state index contributed by atoms with van der Waals surface area (Å²) in [5, 5.41) is 8.91. The number of carbonyl (C=O) groups is 2. The van der Waals surface area contributed by atoms with Crippen molar-refractivity contribution in [2.24, 2.45) is 11.8 Å². The van der Waals surface area contributed by atoms with E-state index in [0.29, 0.717) is 19.0 Å². The topological polar surface area (TPSA) is 91.9 Å². The first-order valence-electron chi connectivity index (χ1n) is 11.0. The first kappa shape index (κ1) is 21.1. The number of nitrogens with one attached hydrogen (secondary N) is 3. The molecule has 30 heavy (non-hydrogen) atoms. The van der Waals surface area contributed by atoms with Crippen LogP contribution in [-0.2, 0) is 20.8 Å². The summed E-state index contributed by atoms with van der Waals surface area (Å²) in [6.45, 7) is 5.82. The van der Waals surface area contributed by atoms with Crippen LogP contribution in [0, 0.1) is 11.8 Å². The second-order valence-corrected chi connectivity index (χ2v) is 8.37. The molecule has 3 fully saturated rings. The first-order valence-corrected chi connectivity index (χ1v) is 11.0. The van der Waals surface area contributed by atoms with E-state index in [1.54, 1.807) is 0 Å². The summed E-state index contributed by atoms with van der Waals surface area (Å²) >= 11 is 0. The smallest absolute Gasteiger partial charge is 0.315 e. The Hall–Kier alpha value is -2.16. The predicted molar refractivity (Wildman–Crippen MR) is 113 cm³/mol. The number of ether oxygens (including phenoxy) is 2. The molecule has 3 amide bonds. The quantitative estimate of drug-likeness (QED) is 0.598. The fourth-order valence-electron chi connectivity index (χ4n) is 4.15. The Morgan fingerprint density at radius 2 is 1.90 bits per heavy atom. The van der Waals surface area contributed by atoms with E-state index in [9.17, 15) is 9.59 Å². The van der Waals surface area contributed by atoms with Gasteiger partial charge in [-0.3, -0.25) is 9.69 Å². The average Bonchev–Trinajstić information content (AvgIpc) is 3.49. The maximum absolute atomic E-state index is 12.4. The summed E-state index contributed by atoms with van der Waals surface area (Å²) in [6, 6.07) is 7.71. The van der Waals surface area contributed by atoms with Crippen LogP contribution in [0.3, 0.4) is 0 Å². The van der Waals surface area contributed by atoms with Crippen molar-refractivity contribution in [3.8, 4) is 0 Å². The fraction of sp³-hybridized carbons (Fsp3) is 0.636. The Kier molecular flexibility index (Phi) is 7.20. The largest absolute Gasteiger partial charge is 0.381 e. The highest BCUT2D eigenvalue weighted by atomic mass is 16.5. The van der Waals surface area contributed by atoms with Gasteiger partial charge < -0.3 is 25.4 Å². The van der Waals surface area contributed by atoms with Crippen molar-refractivity contribution in [2.75, 3.05) is 51.4 Å². The van der Waals surface area contributed by atoms with Gasteiger partial charge in [0.2, 0.25) is 5.91 Å². The second kappa shape index (κ2) is 10.2. The van der Waals surface area contributed by atoms with Crippen LogP contribution in [0.5, 0.6) is 0 Å². The normalized spacial score (nSPS) is 23.0. The number of anilines is 1. The van der Waals surface area contributed by atoms with E-state index in [0.717, 1.165) is 70.0 Å². The lowest BCUT2D eigenvalue weighted by Gasteiger charge is -2.37. The number of nitrogens with zero attached hydrogens (tertiary/aromatic N) is 1. The third-order valence-corrected chi connectivity index (χ3v) is 6.09. The van der Waals surface area contributed by atoms with E-state index >= 15 is 0 Å². The van der Waals surface area contributed by atoms with Crippen LogP contribution in [0.1, 0.15) is 24.8 Å². The van der Waals surface area contributed by atoms with Crippen LogP contribution in [-0.4, -0.2) is 68.9 Å². The fourth-order valence-corrected chi connectivity index (χ4v) is 4.15. The van der Waals surface area contributed by atoms with E-state index in [1.165, 1.54) is 0 Å². The minimum atomic E-state index is -0.181. The number of rotatable bonds is 8. The van der Waals surface area contributed by atoms with Gasteiger partial charge in [0, 0.05) is 56.4 Å². The molecule has 0 aromatic heterocycles. The SMILES string of the molecule is O=C(NCc1cccc(NC(=O)C2CC2)c1)NC[C@@H]([C@H]1CCOC1)N1CCOCC1. The lowest BCUT2D eigenvalue weighted by Crippen LogP contribution is -2.53. The van der Waals surface area contributed by atoms with Gasteiger partial charge in [-0.2, -0.15) is 0 Å². The molecule has 164 valence electrons. The van der Waals surface area contributed by atoms with Crippen molar-refractivity contribution in [1.82, 2.24) is 15.5 Å². The Labute approximate surface area is 177 Å². The minimum absolute atomic E-state index is 0.0860. The Morgan fingerprint density at radius 1 is 1.07 bits per heavy atom. The van der Waals surface area contributed by atoms with Crippen LogP contribution in [0.25, 0.3) is 0 Å². The van der Waals surface area contributed by atoms with Crippen molar-refractivity contribution in [3.05, 3.63) is 29.8 Å². The number of benzene rings is 1.